The molecule has 1 atom stereocenters. The van der Waals surface area contributed by atoms with Crippen molar-refractivity contribution < 1.29 is 19.1 Å². The normalized spacial score (nSPS) is 14.8. The smallest absolute Gasteiger partial charge is 0.255 e. The molecule has 9 heteroatoms. The van der Waals surface area contributed by atoms with E-state index >= 15 is 0 Å². The quantitative estimate of drug-likeness (QED) is 0.594. The van der Waals surface area contributed by atoms with Crippen LogP contribution in [-0.4, -0.2) is 74.7 Å². The van der Waals surface area contributed by atoms with Gasteiger partial charge in [-0.3, -0.25) is 9.59 Å². The lowest BCUT2D eigenvalue weighted by Crippen LogP contribution is -2.49. The molecule has 1 fully saturated rings. The molecule has 2 aromatic rings. The van der Waals surface area contributed by atoms with Crippen LogP contribution in [0.5, 0.6) is 5.75 Å². The highest BCUT2D eigenvalue weighted by molar-refractivity contribution is 9.10. The lowest BCUT2D eigenvalue weighted by molar-refractivity contribution is 0.0744. The largest absolute Gasteiger partial charge is 0.497 e. The Balaban J connectivity index is 1.54. The van der Waals surface area contributed by atoms with Gasteiger partial charge in [0.2, 0.25) is 0 Å². The summed E-state index contributed by atoms with van der Waals surface area (Å²) in [6.07, 6.45) is 2.45. The van der Waals surface area contributed by atoms with Crippen LogP contribution in [0.25, 0.3) is 0 Å². The molecule has 0 radical (unpaired) electrons. The zero-order valence-corrected chi connectivity index (χ0v) is 20.2. The summed E-state index contributed by atoms with van der Waals surface area (Å²) >= 11 is 3.46. The fourth-order valence-electron chi connectivity index (χ4n) is 3.42. The number of rotatable bonds is 8. The van der Waals surface area contributed by atoms with Crippen molar-refractivity contribution in [3.05, 3.63) is 52.1 Å². The van der Waals surface area contributed by atoms with Crippen molar-refractivity contribution in [3.63, 3.8) is 0 Å². The molecule has 0 aliphatic carbocycles. The minimum atomic E-state index is -0.147. The molecule has 2 amide bonds. The molecular formula is C23H29BrN4O4. The number of hydrogen-bond donors (Lipinski definition) is 1. The Morgan fingerprint density at radius 3 is 2.53 bits per heavy atom. The summed E-state index contributed by atoms with van der Waals surface area (Å²) in [6, 6.07) is 9.02. The van der Waals surface area contributed by atoms with E-state index in [2.05, 4.69) is 31.1 Å². The molecular weight excluding hydrogens is 476 g/mol. The second kappa shape index (κ2) is 11.3. The Morgan fingerprint density at radius 2 is 1.91 bits per heavy atom. The fraction of sp³-hybridized carbons (Fsp3) is 0.435. The highest BCUT2D eigenvalue weighted by Crippen LogP contribution is 2.25. The number of hydrogen-bond acceptors (Lipinski definition) is 6. The van der Waals surface area contributed by atoms with E-state index in [0.717, 1.165) is 16.7 Å². The monoisotopic (exact) mass is 504 g/mol. The summed E-state index contributed by atoms with van der Waals surface area (Å²) in [4.78, 5) is 33.6. The number of benzene rings is 1. The minimum Gasteiger partial charge on any atom is -0.497 e. The second-order valence-corrected chi connectivity index (χ2v) is 8.48. The molecule has 1 aromatic carbocycles. The molecule has 1 aromatic heterocycles. The number of methoxy groups -OCH3 is 2. The molecule has 32 heavy (non-hydrogen) atoms. The van der Waals surface area contributed by atoms with E-state index < -0.39 is 0 Å². The minimum absolute atomic E-state index is 0.0294. The zero-order valence-electron chi connectivity index (χ0n) is 18.6. The maximum Gasteiger partial charge on any atom is 0.255 e. The molecule has 1 aliphatic heterocycles. The van der Waals surface area contributed by atoms with Crippen molar-refractivity contribution >= 4 is 33.6 Å². The molecule has 3 rings (SSSR count). The first-order valence-corrected chi connectivity index (χ1v) is 11.4. The van der Waals surface area contributed by atoms with Crippen LogP contribution in [0.1, 0.15) is 34.1 Å². The first-order chi connectivity index (χ1) is 15.4. The van der Waals surface area contributed by atoms with Crippen LogP contribution in [0.15, 0.2) is 41.0 Å². The summed E-state index contributed by atoms with van der Waals surface area (Å²) in [6.45, 7) is 5.02. The van der Waals surface area contributed by atoms with Crippen molar-refractivity contribution in [2.45, 2.75) is 19.4 Å². The van der Waals surface area contributed by atoms with E-state index in [0.29, 0.717) is 49.6 Å². The molecule has 1 saturated heterocycles. The van der Waals surface area contributed by atoms with Gasteiger partial charge in [0.25, 0.3) is 11.8 Å². The number of nitrogens with one attached hydrogen (secondary N) is 1. The van der Waals surface area contributed by atoms with Crippen molar-refractivity contribution in [1.29, 1.82) is 0 Å². The number of nitrogens with zero attached hydrogens (tertiary/aromatic N) is 3. The number of anilines is 1. The highest BCUT2D eigenvalue weighted by atomic mass is 79.9. The molecule has 2 heterocycles. The first kappa shape index (κ1) is 24.0. The van der Waals surface area contributed by atoms with Gasteiger partial charge in [-0.05, 0) is 59.6 Å². The predicted octanol–water partition coefficient (Wildman–Crippen LogP) is 2.97. The van der Waals surface area contributed by atoms with Crippen LogP contribution in [0.2, 0.25) is 0 Å². The predicted molar refractivity (Wildman–Crippen MR) is 126 cm³/mol. The van der Waals surface area contributed by atoms with E-state index in [-0.39, 0.29) is 17.9 Å². The maximum absolute atomic E-state index is 13.0. The van der Waals surface area contributed by atoms with Crippen molar-refractivity contribution in [2.75, 3.05) is 51.8 Å². The molecule has 0 spiro atoms. The lowest BCUT2D eigenvalue weighted by Gasteiger charge is -2.35. The van der Waals surface area contributed by atoms with Crippen molar-refractivity contribution in [2.24, 2.45) is 0 Å². The number of pyridine rings is 1. The van der Waals surface area contributed by atoms with Crippen LogP contribution >= 0.6 is 15.9 Å². The molecule has 0 saturated carbocycles. The van der Waals surface area contributed by atoms with Crippen molar-refractivity contribution in [3.8, 4) is 5.75 Å². The fourth-order valence-corrected chi connectivity index (χ4v) is 3.84. The Morgan fingerprint density at radius 1 is 1.16 bits per heavy atom. The highest BCUT2D eigenvalue weighted by Gasteiger charge is 2.24. The average molecular weight is 505 g/mol. The summed E-state index contributed by atoms with van der Waals surface area (Å²) in [5.41, 5.74) is 1.11. The van der Waals surface area contributed by atoms with Gasteiger partial charge in [-0.1, -0.05) is 0 Å². The van der Waals surface area contributed by atoms with E-state index in [4.69, 9.17) is 9.47 Å². The molecule has 1 aliphatic rings. The summed E-state index contributed by atoms with van der Waals surface area (Å²) in [5.74, 6) is 1.27. The van der Waals surface area contributed by atoms with E-state index in [9.17, 15) is 9.59 Å². The number of aromatic nitrogens is 1. The number of carbonyl (C=O) groups is 2. The van der Waals surface area contributed by atoms with Crippen LogP contribution in [0.4, 0.5) is 5.82 Å². The molecule has 172 valence electrons. The third-order valence-electron chi connectivity index (χ3n) is 5.54. The number of ether oxygens (including phenoxy) is 2. The number of halogens is 1. The van der Waals surface area contributed by atoms with Gasteiger partial charge in [-0.2, -0.15) is 0 Å². The Hall–Kier alpha value is -2.65. The molecule has 1 N–H and O–H groups in total. The van der Waals surface area contributed by atoms with Gasteiger partial charge in [0.15, 0.2) is 0 Å². The Labute approximate surface area is 197 Å². The van der Waals surface area contributed by atoms with Gasteiger partial charge in [0, 0.05) is 50.5 Å². The van der Waals surface area contributed by atoms with Crippen LogP contribution in [0, 0.1) is 0 Å². The van der Waals surface area contributed by atoms with Gasteiger partial charge >= 0.3 is 0 Å². The SMILES string of the molecule is COc1ccc(Br)c(C(=O)N2CCN(c3ccc(C(=O)NCCC(C)OC)cn3)CC2)c1. The van der Waals surface area contributed by atoms with Gasteiger partial charge < -0.3 is 24.6 Å². The standard InChI is InChI=1S/C23H29BrN4O4/c1-16(31-2)8-9-25-22(29)17-4-7-21(26-15-17)27-10-12-28(13-11-27)23(30)19-14-18(32-3)5-6-20(19)24/h4-7,14-16H,8-13H2,1-3H3,(H,25,29). The summed E-state index contributed by atoms with van der Waals surface area (Å²) in [5, 5.41) is 2.88. The Kier molecular flexibility index (Phi) is 8.46. The van der Waals surface area contributed by atoms with Crippen LogP contribution in [0.3, 0.4) is 0 Å². The maximum atomic E-state index is 13.0. The van der Waals surface area contributed by atoms with E-state index in [1.165, 1.54) is 0 Å². The number of carbonyl (C=O) groups excluding carboxylic acids is 2. The van der Waals surface area contributed by atoms with Crippen LogP contribution in [-0.2, 0) is 4.74 Å². The zero-order chi connectivity index (χ0) is 23.1. The Bertz CT molecular complexity index is 930. The van der Waals surface area contributed by atoms with Gasteiger partial charge in [0.05, 0.1) is 24.3 Å². The third kappa shape index (κ3) is 5.98. The third-order valence-corrected chi connectivity index (χ3v) is 6.24. The molecule has 1 unspecified atom stereocenters. The second-order valence-electron chi connectivity index (χ2n) is 7.62. The average Bonchev–Trinajstić information content (AvgIpc) is 2.84. The van der Waals surface area contributed by atoms with Gasteiger partial charge in [0.1, 0.15) is 11.6 Å². The lowest BCUT2D eigenvalue weighted by atomic mass is 10.1. The van der Waals surface area contributed by atoms with Crippen molar-refractivity contribution in [1.82, 2.24) is 15.2 Å². The number of piperazine rings is 1. The van der Waals surface area contributed by atoms with E-state index in [1.54, 1.807) is 32.5 Å². The molecule has 0 bridgehead atoms. The van der Waals surface area contributed by atoms with Gasteiger partial charge in [-0.25, -0.2) is 4.98 Å². The van der Waals surface area contributed by atoms with Gasteiger partial charge in [-0.15, -0.1) is 0 Å². The summed E-state index contributed by atoms with van der Waals surface area (Å²) in [7, 11) is 3.24. The van der Waals surface area contributed by atoms with Crippen LogP contribution < -0.4 is 15.0 Å². The first-order valence-electron chi connectivity index (χ1n) is 10.6. The summed E-state index contributed by atoms with van der Waals surface area (Å²) < 4.78 is 11.2. The number of amides is 2. The topological polar surface area (TPSA) is 84.0 Å². The molecule has 8 nitrogen and oxygen atoms in total. The van der Waals surface area contributed by atoms with E-state index in [1.807, 2.05) is 30.0 Å².